The molecule has 0 unspecified atom stereocenters. The van der Waals surface area contributed by atoms with Gasteiger partial charge in [0.05, 0.1) is 13.2 Å². The maximum absolute atomic E-state index is 13.1. The smallest absolute Gasteiger partial charge is 0.270 e. The molecule has 2 aliphatic rings. The Labute approximate surface area is 175 Å². The summed E-state index contributed by atoms with van der Waals surface area (Å²) in [5, 5.41) is 11.7. The van der Waals surface area contributed by atoms with E-state index in [0.717, 1.165) is 17.3 Å². The van der Waals surface area contributed by atoms with Crippen LogP contribution in [0.5, 0.6) is 11.5 Å². The molecule has 3 aromatic rings. The highest BCUT2D eigenvalue weighted by molar-refractivity contribution is 5.98. The van der Waals surface area contributed by atoms with E-state index in [9.17, 15) is 9.90 Å². The van der Waals surface area contributed by atoms with Gasteiger partial charge in [0.2, 0.25) is 0 Å². The molecule has 30 heavy (non-hydrogen) atoms. The third-order valence-electron chi connectivity index (χ3n) is 6.48. The minimum Gasteiger partial charge on any atom is -0.493 e. The predicted molar refractivity (Wildman–Crippen MR) is 114 cm³/mol. The number of benzene rings is 2. The quantitative estimate of drug-likeness (QED) is 0.696. The van der Waals surface area contributed by atoms with E-state index in [0.29, 0.717) is 48.5 Å². The number of aliphatic hydroxyl groups is 1. The lowest BCUT2D eigenvalue weighted by atomic mass is 9.78. The zero-order chi connectivity index (χ0) is 20.7. The molecule has 6 nitrogen and oxygen atoms in total. The highest BCUT2D eigenvalue weighted by Gasteiger charge is 2.44. The molecule has 156 valence electrons. The number of fused-ring (bicyclic) bond motifs is 2. The standard InChI is InChI=1S/C24H26N2O4/c1-29-21-8-4-5-9-22(21)30-23-12-17-14-26(13-16(17)11-20(23)27)24(28)19-10-15-6-2-3-7-18(15)25-19/h2-10,16-17,20,23,25,27H,11-14H2,1H3/t16-,17+,20+,23+/m0/s1. The topological polar surface area (TPSA) is 74.8 Å². The summed E-state index contributed by atoms with van der Waals surface area (Å²) in [6.07, 6.45) is 0.506. The van der Waals surface area contributed by atoms with E-state index < -0.39 is 6.10 Å². The molecule has 2 N–H and O–H groups in total. The van der Waals surface area contributed by atoms with Crippen LogP contribution in [0, 0.1) is 11.8 Å². The number of amides is 1. The molecule has 6 heteroatoms. The molecule has 1 amide bonds. The predicted octanol–water partition coefficient (Wildman–Crippen LogP) is 3.47. The van der Waals surface area contributed by atoms with E-state index >= 15 is 0 Å². The van der Waals surface area contributed by atoms with E-state index in [-0.39, 0.29) is 12.0 Å². The Morgan fingerprint density at radius 3 is 2.50 bits per heavy atom. The molecule has 0 spiro atoms. The summed E-state index contributed by atoms with van der Waals surface area (Å²) in [7, 11) is 1.61. The second kappa shape index (κ2) is 7.69. The number of carbonyl (C=O) groups is 1. The molecule has 1 saturated carbocycles. The number of rotatable bonds is 4. The van der Waals surface area contributed by atoms with Crippen molar-refractivity contribution < 1.29 is 19.4 Å². The number of nitrogens with one attached hydrogen (secondary N) is 1. The molecule has 0 bridgehead atoms. The fourth-order valence-corrected chi connectivity index (χ4v) is 4.92. The summed E-state index contributed by atoms with van der Waals surface area (Å²) in [4.78, 5) is 18.2. The molecule has 5 rings (SSSR count). The van der Waals surface area contributed by atoms with E-state index in [2.05, 4.69) is 4.98 Å². The van der Waals surface area contributed by atoms with E-state index in [1.54, 1.807) is 7.11 Å². The molecule has 1 aliphatic carbocycles. The number of para-hydroxylation sites is 3. The summed E-state index contributed by atoms with van der Waals surface area (Å²) in [6.45, 7) is 1.37. The number of methoxy groups -OCH3 is 1. The zero-order valence-electron chi connectivity index (χ0n) is 17.0. The average molecular weight is 406 g/mol. The second-order valence-electron chi connectivity index (χ2n) is 8.35. The number of aromatic amines is 1. The lowest BCUT2D eigenvalue weighted by Crippen LogP contribution is -2.42. The van der Waals surface area contributed by atoms with Gasteiger partial charge in [-0.2, -0.15) is 0 Å². The molecule has 1 aromatic heterocycles. The van der Waals surface area contributed by atoms with Crippen molar-refractivity contribution in [2.24, 2.45) is 11.8 Å². The van der Waals surface area contributed by atoms with Gasteiger partial charge in [0.1, 0.15) is 11.8 Å². The van der Waals surface area contributed by atoms with Crippen molar-refractivity contribution in [3.8, 4) is 11.5 Å². The SMILES string of the molecule is COc1ccccc1O[C@@H]1C[C@@H]2CN(C(=O)c3cc4ccccc4[nH]3)C[C@@H]2C[C@H]1O. The van der Waals surface area contributed by atoms with Crippen molar-refractivity contribution in [2.75, 3.05) is 20.2 Å². The Morgan fingerprint density at radius 1 is 1.03 bits per heavy atom. The third-order valence-corrected chi connectivity index (χ3v) is 6.48. The first-order valence-corrected chi connectivity index (χ1v) is 10.5. The number of H-pyrrole nitrogens is 1. The molecule has 2 heterocycles. The third kappa shape index (κ3) is 3.41. The molecule has 4 atom stereocenters. The highest BCUT2D eigenvalue weighted by atomic mass is 16.5. The van der Waals surface area contributed by atoms with Crippen LogP contribution in [0.4, 0.5) is 0 Å². The Hall–Kier alpha value is -2.99. The van der Waals surface area contributed by atoms with Crippen molar-refractivity contribution in [3.05, 3.63) is 60.3 Å². The maximum Gasteiger partial charge on any atom is 0.270 e. The van der Waals surface area contributed by atoms with Crippen LogP contribution < -0.4 is 9.47 Å². The first-order valence-electron chi connectivity index (χ1n) is 10.5. The average Bonchev–Trinajstić information content (AvgIpc) is 3.37. The van der Waals surface area contributed by atoms with Crippen LogP contribution in [-0.4, -0.2) is 53.3 Å². The summed E-state index contributed by atoms with van der Waals surface area (Å²) >= 11 is 0. The molecule has 1 saturated heterocycles. The highest BCUT2D eigenvalue weighted by Crippen LogP contribution is 2.39. The number of nitrogens with zero attached hydrogens (tertiary/aromatic N) is 1. The van der Waals surface area contributed by atoms with Crippen LogP contribution in [-0.2, 0) is 0 Å². The minimum absolute atomic E-state index is 0.0253. The van der Waals surface area contributed by atoms with Crippen LogP contribution in [0.15, 0.2) is 54.6 Å². The van der Waals surface area contributed by atoms with Crippen LogP contribution in [0.2, 0.25) is 0 Å². The van der Waals surface area contributed by atoms with Gasteiger partial charge in [-0.3, -0.25) is 4.79 Å². The maximum atomic E-state index is 13.1. The first-order chi connectivity index (χ1) is 14.6. The zero-order valence-corrected chi connectivity index (χ0v) is 17.0. The van der Waals surface area contributed by atoms with Crippen LogP contribution in [0.3, 0.4) is 0 Å². The Balaban J connectivity index is 1.29. The number of hydrogen-bond acceptors (Lipinski definition) is 4. The van der Waals surface area contributed by atoms with Crippen molar-refractivity contribution in [3.63, 3.8) is 0 Å². The molecular formula is C24H26N2O4. The van der Waals surface area contributed by atoms with E-state index in [1.165, 1.54) is 0 Å². The number of likely N-dealkylation sites (tertiary alicyclic amines) is 1. The molecule has 0 radical (unpaired) electrons. The van der Waals surface area contributed by atoms with Crippen molar-refractivity contribution in [2.45, 2.75) is 25.0 Å². The number of ether oxygens (including phenoxy) is 2. The van der Waals surface area contributed by atoms with E-state index in [1.807, 2.05) is 59.5 Å². The largest absolute Gasteiger partial charge is 0.493 e. The minimum atomic E-state index is -0.556. The van der Waals surface area contributed by atoms with Crippen molar-refractivity contribution in [1.29, 1.82) is 0 Å². The van der Waals surface area contributed by atoms with Gasteiger partial charge < -0.3 is 24.5 Å². The number of hydrogen-bond donors (Lipinski definition) is 2. The lowest BCUT2D eigenvalue weighted by molar-refractivity contribution is -0.0240. The fourth-order valence-electron chi connectivity index (χ4n) is 4.92. The lowest BCUT2D eigenvalue weighted by Gasteiger charge is -2.35. The Morgan fingerprint density at radius 2 is 1.73 bits per heavy atom. The van der Waals surface area contributed by atoms with Crippen LogP contribution >= 0.6 is 0 Å². The molecular weight excluding hydrogens is 380 g/mol. The van der Waals surface area contributed by atoms with Crippen LogP contribution in [0.1, 0.15) is 23.3 Å². The van der Waals surface area contributed by atoms with Gasteiger partial charge in [-0.1, -0.05) is 30.3 Å². The van der Waals surface area contributed by atoms with Crippen molar-refractivity contribution >= 4 is 16.8 Å². The normalized spacial score (nSPS) is 25.9. The molecule has 1 aliphatic heterocycles. The number of carbonyl (C=O) groups excluding carboxylic acids is 1. The number of aliphatic hydroxyl groups excluding tert-OH is 1. The van der Waals surface area contributed by atoms with Gasteiger partial charge in [0, 0.05) is 24.0 Å². The summed E-state index contributed by atoms with van der Waals surface area (Å²) in [5.74, 6) is 1.95. The Kier molecular flexibility index (Phi) is 4.87. The summed E-state index contributed by atoms with van der Waals surface area (Å²) in [6, 6.07) is 17.3. The summed E-state index contributed by atoms with van der Waals surface area (Å²) < 4.78 is 11.5. The summed E-state index contributed by atoms with van der Waals surface area (Å²) in [5.41, 5.74) is 1.59. The van der Waals surface area contributed by atoms with Gasteiger partial charge in [0.25, 0.3) is 5.91 Å². The molecule has 2 aromatic carbocycles. The van der Waals surface area contributed by atoms with Gasteiger partial charge in [0.15, 0.2) is 11.5 Å². The fraction of sp³-hybridized carbons (Fsp3) is 0.375. The molecule has 2 fully saturated rings. The van der Waals surface area contributed by atoms with E-state index in [4.69, 9.17) is 9.47 Å². The van der Waals surface area contributed by atoms with Gasteiger partial charge >= 0.3 is 0 Å². The Bertz CT molecular complexity index is 1030. The van der Waals surface area contributed by atoms with Gasteiger partial charge in [-0.15, -0.1) is 0 Å². The monoisotopic (exact) mass is 406 g/mol. The number of aromatic nitrogens is 1. The van der Waals surface area contributed by atoms with Crippen LogP contribution in [0.25, 0.3) is 10.9 Å². The van der Waals surface area contributed by atoms with Crippen molar-refractivity contribution in [1.82, 2.24) is 9.88 Å². The first kappa shape index (κ1) is 19.0. The van der Waals surface area contributed by atoms with Gasteiger partial charge in [-0.05, 0) is 48.9 Å². The second-order valence-corrected chi connectivity index (χ2v) is 8.35. The van der Waals surface area contributed by atoms with Gasteiger partial charge in [-0.25, -0.2) is 0 Å².